The predicted octanol–water partition coefficient (Wildman–Crippen LogP) is 3.04. The van der Waals surface area contributed by atoms with Crippen molar-refractivity contribution >= 4 is 11.0 Å². The molecule has 0 amide bonds. The highest BCUT2D eigenvalue weighted by Gasteiger charge is 2.33. The summed E-state index contributed by atoms with van der Waals surface area (Å²) in [6.07, 6.45) is -0.00531. The average molecular weight is 264 g/mol. The fraction of sp³-hybridized carbons (Fsp3) is 0.0833. The summed E-state index contributed by atoms with van der Waals surface area (Å²) in [6.45, 7) is 0. The maximum Gasteiger partial charge on any atom is 0.418 e. The van der Waals surface area contributed by atoms with E-state index in [0.717, 1.165) is 6.07 Å². The summed E-state index contributed by atoms with van der Waals surface area (Å²) in [6, 6.07) is 3.81. The molecule has 0 saturated heterocycles. The maximum atomic E-state index is 12.9. The molecule has 2 heterocycles. The third-order valence-electron chi connectivity index (χ3n) is 2.67. The molecule has 0 aliphatic heterocycles. The Morgan fingerprint density at radius 1 is 1.11 bits per heavy atom. The van der Waals surface area contributed by atoms with Gasteiger partial charge in [-0.05, 0) is 12.1 Å². The SMILES string of the molecule is FC(F)(F)c1cccc2ncc(-c3cn[nH]c3)nc12. The Kier molecular flexibility index (Phi) is 2.48. The van der Waals surface area contributed by atoms with Crippen molar-refractivity contribution in [2.24, 2.45) is 0 Å². The van der Waals surface area contributed by atoms with Crippen LogP contribution in [0, 0.1) is 0 Å². The van der Waals surface area contributed by atoms with Gasteiger partial charge < -0.3 is 0 Å². The van der Waals surface area contributed by atoms with Crippen molar-refractivity contribution in [1.82, 2.24) is 20.2 Å². The van der Waals surface area contributed by atoms with Crippen molar-refractivity contribution in [1.29, 1.82) is 0 Å². The zero-order valence-electron chi connectivity index (χ0n) is 9.44. The Labute approximate surface area is 105 Å². The molecule has 3 rings (SSSR count). The number of aromatic nitrogens is 4. The monoisotopic (exact) mass is 264 g/mol. The molecule has 0 unspecified atom stereocenters. The summed E-state index contributed by atoms with van der Waals surface area (Å²) in [5.41, 5.74) is 0.197. The van der Waals surface area contributed by atoms with Crippen molar-refractivity contribution in [3.05, 3.63) is 42.4 Å². The molecule has 96 valence electrons. The van der Waals surface area contributed by atoms with Crippen LogP contribution in [0.4, 0.5) is 13.2 Å². The number of rotatable bonds is 1. The first-order valence-corrected chi connectivity index (χ1v) is 5.38. The molecule has 0 bridgehead atoms. The van der Waals surface area contributed by atoms with Crippen LogP contribution < -0.4 is 0 Å². The Morgan fingerprint density at radius 3 is 2.63 bits per heavy atom. The van der Waals surface area contributed by atoms with Crippen LogP contribution >= 0.6 is 0 Å². The minimum Gasteiger partial charge on any atom is -0.285 e. The molecule has 1 aromatic carbocycles. The normalized spacial score (nSPS) is 11.9. The first kappa shape index (κ1) is 11.6. The summed E-state index contributed by atoms with van der Waals surface area (Å²) < 4.78 is 38.7. The van der Waals surface area contributed by atoms with E-state index in [1.165, 1.54) is 24.5 Å². The molecule has 19 heavy (non-hydrogen) atoms. The second kappa shape index (κ2) is 4.04. The standard InChI is InChI=1S/C12H7F3N4/c13-12(14,15)8-2-1-3-9-11(8)19-10(6-16-9)7-4-17-18-5-7/h1-6H,(H,17,18). The van der Waals surface area contributed by atoms with Gasteiger partial charge in [0.1, 0.15) is 5.52 Å². The highest BCUT2D eigenvalue weighted by Crippen LogP contribution is 2.33. The number of nitrogens with zero attached hydrogens (tertiary/aromatic N) is 3. The highest BCUT2D eigenvalue weighted by atomic mass is 19.4. The lowest BCUT2D eigenvalue weighted by Gasteiger charge is -2.09. The number of aromatic amines is 1. The minimum absolute atomic E-state index is 0.159. The summed E-state index contributed by atoms with van der Waals surface area (Å²) in [5, 5.41) is 6.32. The fourth-order valence-electron chi connectivity index (χ4n) is 1.79. The number of para-hydroxylation sites is 1. The second-order valence-corrected chi connectivity index (χ2v) is 3.91. The molecular weight excluding hydrogens is 257 g/mol. The van der Waals surface area contributed by atoms with E-state index < -0.39 is 11.7 Å². The highest BCUT2D eigenvalue weighted by molar-refractivity contribution is 5.80. The van der Waals surface area contributed by atoms with E-state index in [1.807, 2.05) is 0 Å². The van der Waals surface area contributed by atoms with Crippen molar-refractivity contribution in [3.8, 4) is 11.3 Å². The number of hydrogen-bond acceptors (Lipinski definition) is 3. The van der Waals surface area contributed by atoms with E-state index in [0.29, 0.717) is 11.3 Å². The van der Waals surface area contributed by atoms with Crippen LogP contribution in [0.15, 0.2) is 36.8 Å². The van der Waals surface area contributed by atoms with Crippen LogP contribution in [-0.4, -0.2) is 20.2 Å². The summed E-state index contributed by atoms with van der Waals surface area (Å²) in [4.78, 5) is 8.05. The third-order valence-corrected chi connectivity index (χ3v) is 2.67. The zero-order valence-corrected chi connectivity index (χ0v) is 9.44. The molecule has 0 saturated carbocycles. The Bertz CT molecular complexity index is 719. The summed E-state index contributed by atoms with van der Waals surface area (Å²) >= 11 is 0. The number of benzene rings is 1. The van der Waals surface area contributed by atoms with E-state index in [1.54, 1.807) is 6.20 Å². The van der Waals surface area contributed by atoms with Gasteiger partial charge in [0.15, 0.2) is 0 Å². The quantitative estimate of drug-likeness (QED) is 0.735. The van der Waals surface area contributed by atoms with Gasteiger partial charge in [0.05, 0.1) is 29.2 Å². The summed E-state index contributed by atoms with van der Waals surface area (Å²) in [5.74, 6) is 0. The number of fused-ring (bicyclic) bond motifs is 1. The molecule has 0 spiro atoms. The van der Waals surface area contributed by atoms with Gasteiger partial charge in [-0.1, -0.05) is 6.07 Å². The number of nitrogens with one attached hydrogen (secondary N) is 1. The van der Waals surface area contributed by atoms with Crippen LogP contribution in [0.3, 0.4) is 0 Å². The van der Waals surface area contributed by atoms with Crippen LogP contribution in [0.5, 0.6) is 0 Å². The number of H-pyrrole nitrogens is 1. The molecule has 0 fully saturated rings. The molecule has 7 heteroatoms. The third kappa shape index (κ3) is 2.03. The Morgan fingerprint density at radius 2 is 1.95 bits per heavy atom. The van der Waals surface area contributed by atoms with Gasteiger partial charge in [0.25, 0.3) is 0 Å². The largest absolute Gasteiger partial charge is 0.418 e. The van der Waals surface area contributed by atoms with Crippen LogP contribution in [0.25, 0.3) is 22.3 Å². The van der Waals surface area contributed by atoms with Crippen LogP contribution in [0.1, 0.15) is 5.56 Å². The van der Waals surface area contributed by atoms with Gasteiger partial charge >= 0.3 is 6.18 Å². The van der Waals surface area contributed by atoms with Crippen molar-refractivity contribution in [3.63, 3.8) is 0 Å². The Hall–Kier alpha value is -2.44. The van der Waals surface area contributed by atoms with Crippen molar-refractivity contribution < 1.29 is 13.2 Å². The number of alkyl halides is 3. The lowest BCUT2D eigenvalue weighted by Crippen LogP contribution is -2.07. The number of halogens is 3. The van der Waals surface area contributed by atoms with Crippen LogP contribution in [0.2, 0.25) is 0 Å². The Balaban J connectivity index is 2.27. The minimum atomic E-state index is -4.46. The van der Waals surface area contributed by atoms with E-state index in [2.05, 4.69) is 20.2 Å². The van der Waals surface area contributed by atoms with Gasteiger partial charge in [0.2, 0.25) is 0 Å². The topological polar surface area (TPSA) is 54.5 Å². The molecule has 3 aromatic rings. The second-order valence-electron chi connectivity index (χ2n) is 3.91. The van der Waals surface area contributed by atoms with Crippen LogP contribution in [-0.2, 0) is 6.18 Å². The lowest BCUT2D eigenvalue weighted by atomic mass is 10.1. The number of hydrogen-bond donors (Lipinski definition) is 1. The first-order valence-electron chi connectivity index (χ1n) is 5.38. The molecule has 4 nitrogen and oxygen atoms in total. The van der Waals surface area contributed by atoms with Gasteiger partial charge in [-0.3, -0.25) is 10.1 Å². The smallest absolute Gasteiger partial charge is 0.285 e. The van der Waals surface area contributed by atoms with Gasteiger partial charge in [-0.25, -0.2) is 4.98 Å². The van der Waals surface area contributed by atoms with E-state index in [-0.39, 0.29) is 11.0 Å². The molecular formula is C12H7F3N4. The van der Waals surface area contributed by atoms with Gasteiger partial charge in [0, 0.05) is 11.8 Å². The fourth-order valence-corrected chi connectivity index (χ4v) is 1.79. The van der Waals surface area contributed by atoms with E-state index in [4.69, 9.17) is 0 Å². The maximum absolute atomic E-state index is 12.9. The van der Waals surface area contributed by atoms with Gasteiger partial charge in [-0.2, -0.15) is 18.3 Å². The van der Waals surface area contributed by atoms with Gasteiger partial charge in [-0.15, -0.1) is 0 Å². The van der Waals surface area contributed by atoms with Crippen molar-refractivity contribution in [2.45, 2.75) is 6.18 Å². The molecule has 0 aliphatic carbocycles. The molecule has 0 radical (unpaired) electrons. The molecule has 0 aliphatic rings. The predicted molar refractivity (Wildman–Crippen MR) is 62.1 cm³/mol. The molecule has 2 aromatic heterocycles. The molecule has 0 atom stereocenters. The average Bonchev–Trinajstić information content (AvgIpc) is 2.90. The summed E-state index contributed by atoms with van der Waals surface area (Å²) in [7, 11) is 0. The van der Waals surface area contributed by atoms with Crippen molar-refractivity contribution in [2.75, 3.05) is 0 Å². The lowest BCUT2D eigenvalue weighted by molar-refractivity contribution is -0.136. The first-order chi connectivity index (χ1) is 9.05. The van der Waals surface area contributed by atoms with E-state index in [9.17, 15) is 13.2 Å². The zero-order chi connectivity index (χ0) is 13.5. The molecule has 1 N–H and O–H groups in total. The van der Waals surface area contributed by atoms with E-state index >= 15 is 0 Å².